The lowest BCUT2D eigenvalue weighted by Crippen LogP contribution is -2.69. The Kier molecular flexibility index (Phi) is 6.86. The molecular weight excluding hydrogens is 527 g/mol. The van der Waals surface area contributed by atoms with Crippen LogP contribution in [0.4, 0.5) is 0 Å². The van der Waals surface area contributed by atoms with Crippen LogP contribution in [0.25, 0.3) is 33.0 Å². The fourth-order valence-electron chi connectivity index (χ4n) is 7.49. The standard InChI is InChI=1S/C39H39NOSi/c1-39(2,3)35-26-30(25-28-15-13-14-22-34(28)35)37-38-29(23-24-40-37)27-36(41-38)42(31-16-7-4-8-17-31,32-18-9-5-10-19-32)33-20-11-6-12-21-33/h4-5,7-10,13-19,22-27,33H,6,11-12,20-21H2,1-3H3. The van der Waals surface area contributed by atoms with E-state index in [0.29, 0.717) is 5.54 Å². The molecule has 0 radical (unpaired) electrons. The van der Waals surface area contributed by atoms with Gasteiger partial charge in [0.2, 0.25) is 0 Å². The van der Waals surface area contributed by atoms with E-state index in [2.05, 4.69) is 130 Å². The van der Waals surface area contributed by atoms with Gasteiger partial charge in [-0.05, 0) is 61.9 Å². The van der Waals surface area contributed by atoms with Crippen molar-refractivity contribution in [2.45, 2.75) is 63.8 Å². The molecule has 2 aromatic heterocycles. The number of benzene rings is 4. The molecule has 3 heteroatoms. The molecule has 4 aromatic carbocycles. The second kappa shape index (κ2) is 10.7. The van der Waals surface area contributed by atoms with Crippen molar-refractivity contribution in [3.8, 4) is 11.3 Å². The van der Waals surface area contributed by atoms with Crippen molar-refractivity contribution in [3.63, 3.8) is 0 Å². The Morgan fingerprint density at radius 3 is 2.00 bits per heavy atom. The molecule has 0 amide bonds. The van der Waals surface area contributed by atoms with Gasteiger partial charge in [-0.25, -0.2) is 0 Å². The van der Waals surface area contributed by atoms with Crippen molar-refractivity contribution in [1.82, 2.24) is 4.98 Å². The van der Waals surface area contributed by atoms with Crippen LogP contribution in [0.3, 0.4) is 0 Å². The summed E-state index contributed by atoms with van der Waals surface area (Å²) in [5.41, 5.74) is 4.88. The lowest BCUT2D eigenvalue weighted by molar-refractivity contribution is 0.494. The fraction of sp³-hybridized carbons (Fsp3) is 0.256. The third-order valence-electron chi connectivity index (χ3n) is 9.44. The first-order valence-electron chi connectivity index (χ1n) is 15.5. The van der Waals surface area contributed by atoms with Crippen LogP contribution in [0, 0.1) is 0 Å². The minimum atomic E-state index is -2.51. The zero-order valence-corrected chi connectivity index (χ0v) is 25.9. The number of hydrogen-bond acceptors (Lipinski definition) is 2. The third-order valence-corrected chi connectivity index (χ3v) is 14.8. The van der Waals surface area contributed by atoms with Crippen molar-refractivity contribution < 1.29 is 4.42 Å². The van der Waals surface area contributed by atoms with Crippen molar-refractivity contribution in [3.05, 3.63) is 121 Å². The van der Waals surface area contributed by atoms with Gasteiger partial charge in [0.05, 0.1) is 5.38 Å². The van der Waals surface area contributed by atoms with Gasteiger partial charge in [-0.2, -0.15) is 0 Å². The van der Waals surface area contributed by atoms with E-state index in [9.17, 15) is 0 Å². The van der Waals surface area contributed by atoms with Gasteiger partial charge < -0.3 is 4.42 Å². The Bertz CT molecular complexity index is 1800. The highest BCUT2D eigenvalue weighted by Crippen LogP contribution is 2.40. The maximum absolute atomic E-state index is 7.22. The Hall–Kier alpha value is -3.95. The Balaban J connectivity index is 1.50. The van der Waals surface area contributed by atoms with Crippen LogP contribution in [0.15, 0.2) is 120 Å². The molecule has 0 spiro atoms. The topological polar surface area (TPSA) is 26.0 Å². The van der Waals surface area contributed by atoms with Gasteiger partial charge in [0.15, 0.2) is 13.7 Å². The molecule has 0 bridgehead atoms. The maximum atomic E-state index is 7.22. The van der Waals surface area contributed by atoms with Crippen LogP contribution in [0.5, 0.6) is 0 Å². The molecule has 210 valence electrons. The first kappa shape index (κ1) is 26.9. The molecule has 6 aromatic rings. The summed E-state index contributed by atoms with van der Waals surface area (Å²) < 4.78 is 7.22. The summed E-state index contributed by atoms with van der Waals surface area (Å²) in [5, 5.41) is 7.73. The van der Waals surface area contributed by atoms with Crippen molar-refractivity contribution in [1.29, 1.82) is 0 Å². The lowest BCUT2D eigenvalue weighted by Gasteiger charge is -2.40. The first-order valence-corrected chi connectivity index (χ1v) is 17.6. The molecule has 0 atom stereocenters. The molecule has 0 unspecified atom stereocenters. The molecule has 1 aliphatic rings. The van der Waals surface area contributed by atoms with Crippen molar-refractivity contribution in [2.24, 2.45) is 0 Å². The molecule has 1 saturated carbocycles. The summed E-state index contributed by atoms with van der Waals surface area (Å²) in [6, 6.07) is 40.4. The number of nitrogens with zero attached hydrogens (tertiary/aromatic N) is 1. The average Bonchev–Trinajstić information content (AvgIpc) is 3.47. The number of pyridine rings is 1. The predicted octanol–water partition coefficient (Wildman–Crippen LogP) is 8.75. The minimum absolute atomic E-state index is 0.00149. The largest absolute Gasteiger partial charge is 0.463 e. The normalized spacial score (nSPS) is 14.9. The summed E-state index contributed by atoms with van der Waals surface area (Å²) in [5.74, 6) is 0. The van der Waals surface area contributed by atoms with E-state index in [1.54, 1.807) is 0 Å². The van der Waals surface area contributed by atoms with Crippen molar-refractivity contribution >= 4 is 45.6 Å². The summed E-state index contributed by atoms with van der Waals surface area (Å²) in [7, 11) is -2.51. The van der Waals surface area contributed by atoms with Crippen LogP contribution < -0.4 is 15.8 Å². The third kappa shape index (κ3) is 4.51. The summed E-state index contributed by atoms with van der Waals surface area (Å²) >= 11 is 0. The molecule has 1 aliphatic carbocycles. The molecule has 2 nitrogen and oxygen atoms in total. The highest BCUT2D eigenvalue weighted by Gasteiger charge is 2.49. The van der Waals surface area contributed by atoms with Crippen LogP contribution in [0.1, 0.15) is 58.4 Å². The SMILES string of the molecule is CC(C)(C)c1cc(-c2nccc3cc([Si](c4ccccc4)(c4ccccc4)C4CCCCC4)oc23)cc2ccccc12. The zero-order valence-electron chi connectivity index (χ0n) is 24.9. The number of furan rings is 1. The van der Waals surface area contributed by atoms with E-state index in [1.807, 2.05) is 6.20 Å². The second-order valence-corrected chi connectivity index (χ2v) is 17.1. The number of rotatable bonds is 5. The summed E-state index contributed by atoms with van der Waals surface area (Å²) in [6.45, 7) is 6.88. The highest BCUT2D eigenvalue weighted by atomic mass is 28.3. The highest BCUT2D eigenvalue weighted by molar-refractivity contribution is 7.11. The Morgan fingerprint density at radius 2 is 1.33 bits per heavy atom. The fourth-order valence-corrected chi connectivity index (χ4v) is 13.1. The van der Waals surface area contributed by atoms with Gasteiger partial charge in [0.1, 0.15) is 5.69 Å². The van der Waals surface area contributed by atoms with Crippen LogP contribution in [-0.4, -0.2) is 13.1 Å². The quantitative estimate of drug-likeness (QED) is 0.195. The van der Waals surface area contributed by atoms with E-state index >= 15 is 0 Å². The maximum Gasteiger partial charge on any atom is 0.196 e. The smallest absolute Gasteiger partial charge is 0.196 e. The van der Waals surface area contributed by atoms with Gasteiger partial charge in [0, 0.05) is 17.1 Å². The molecule has 0 N–H and O–H groups in total. The molecular formula is C39H39NOSi. The van der Waals surface area contributed by atoms with Gasteiger partial charge >= 0.3 is 0 Å². The van der Waals surface area contributed by atoms with Gasteiger partial charge in [-0.3, -0.25) is 4.98 Å². The van der Waals surface area contributed by atoms with Crippen LogP contribution in [0.2, 0.25) is 5.54 Å². The summed E-state index contributed by atoms with van der Waals surface area (Å²) in [6.07, 6.45) is 8.36. The van der Waals surface area contributed by atoms with Gasteiger partial charge in [0.25, 0.3) is 0 Å². The molecule has 7 rings (SSSR count). The predicted molar refractivity (Wildman–Crippen MR) is 180 cm³/mol. The molecule has 42 heavy (non-hydrogen) atoms. The van der Waals surface area contributed by atoms with E-state index in [-0.39, 0.29) is 5.41 Å². The van der Waals surface area contributed by atoms with E-state index < -0.39 is 8.07 Å². The average molecular weight is 566 g/mol. The van der Waals surface area contributed by atoms with E-state index in [1.165, 1.54) is 58.8 Å². The molecule has 0 aliphatic heterocycles. The monoisotopic (exact) mass is 565 g/mol. The summed E-state index contributed by atoms with van der Waals surface area (Å²) in [4.78, 5) is 4.98. The van der Waals surface area contributed by atoms with Crippen molar-refractivity contribution in [2.75, 3.05) is 0 Å². The number of aromatic nitrogens is 1. The van der Waals surface area contributed by atoms with E-state index in [4.69, 9.17) is 9.40 Å². The first-order chi connectivity index (χ1) is 20.5. The lowest BCUT2D eigenvalue weighted by atomic mass is 9.82. The number of hydrogen-bond donors (Lipinski definition) is 0. The molecule has 1 fully saturated rings. The van der Waals surface area contributed by atoms with Gasteiger partial charge in [-0.15, -0.1) is 0 Å². The Morgan fingerprint density at radius 1 is 0.690 bits per heavy atom. The Labute approximate surface area is 250 Å². The van der Waals surface area contributed by atoms with Crippen LogP contribution in [-0.2, 0) is 5.41 Å². The molecule has 0 saturated heterocycles. The molecule has 2 heterocycles. The number of fused-ring (bicyclic) bond motifs is 2. The van der Waals surface area contributed by atoms with Gasteiger partial charge in [-0.1, -0.05) is 138 Å². The zero-order chi connectivity index (χ0) is 28.7. The second-order valence-electron chi connectivity index (χ2n) is 13.1. The van der Waals surface area contributed by atoms with Crippen LogP contribution >= 0.6 is 0 Å². The van der Waals surface area contributed by atoms with E-state index in [0.717, 1.165) is 27.6 Å². The minimum Gasteiger partial charge on any atom is -0.463 e.